The first-order valence-corrected chi connectivity index (χ1v) is 2.45. The molecule has 0 N–H and O–H groups in total. The van der Waals surface area contributed by atoms with E-state index in [1.165, 1.54) is 11.1 Å². The summed E-state index contributed by atoms with van der Waals surface area (Å²) in [4.78, 5) is 0. The van der Waals surface area contributed by atoms with Crippen LogP contribution in [0.2, 0.25) is 0 Å². The van der Waals surface area contributed by atoms with Gasteiger partial charge in [0.2, 0.25) is 0 Å². The Labute approximate surface area is 60.3 Å². The SMILES string of the molecule is C.C.C=CC(C)=C(C)C. The van der Waals surface area contributed by atoms with Crippen LogP contribution < -0.4 is 0 Å². The van der Waals surface area contributed by atoms with Crippen molar-refractivity contribution in [3.8, 4) is 0 Å². The van der Waals surface area contributed by atoms with Gasteiger partial charge >= 0.3 is 0 Å². The van der Waals surface area contributed by atoms with Crippen molar-refractivity contribution in [2.45, 2.75) is 35.6 Å². The summed E-state index contributed by atoms with van der Waals surface area (Å²) in [6, 6.07) is 0. The maximum Gasteiger partial charge on any atom is -0.0399 e. The Bertz CT molecular complexity index is 92.6. The molecule has 0 radical (unpaired) electrons. The average molecular weight is 128 g/mol. The number of rotatable bonds is 1. The molecule has 0 fully saturated rings. The Kier molecular flexibility index (Phi) is 13.1. The molecule has 0 saturated heterocycles. The van der Waals surface area contributed by atoms with Gasteiger partial charge in [0, 0.05) is 0 Å². The van der Waals surface area contributed by atoms with Crippen LogP contribution in [0, 0.1) is 0 Å². The molecule has 0 heteroatoms. The second-order valence-corrected chi connectivity index (χ2v) is 1.89. The van der Waals surface area contributed by atoms with Gasteiger partial charge in [-0.2, -0.15) is 0 Å². The van der Waals surface area contributed by atoms with E-state index in [-0.39, 0.29) is 14.9 Å². The molecule has 56 valence electrons. The first kappa shape index (κ1) is 15.8. The lowest BCUT2D eigenvalue weighted by molar-refractivity contribution is 1.30. The smallest absolute Gasteiger partial charge is 0.0399 e. The lowest BCUT2D eigenvalue weighted by Crippen LogP contribution is -1.69. The van der Waals surface area contributed by atoms with Gasteiger partial charge in [-0.25, -0.2) is 0 Å². The Morgan fingerprint density at radius 3 is 1.44 bits per heavy atom. The molecule has 0 aromatic heterocycles. The fraction of sp³-hybridized carbons (Fsp3) is 0.556. The Hall–Kier alpha value is -0.520. The minimum atomic E-state index is 0. The van der Waals surface area contributed by atoms with Gasteiger partial charge in [0.1, 0.15) is 0 Å². The van der Waals surface area contributed by atoms with Gasteiger partial charge < -0.3 is 0 Å². The molecular weight excluding hydrogens is 108 g/mol. The number of hydrogen-bond acceptors (Lipinski definition) is 0. The molecular formula is C9H20. The maximum absolute atomic E-state index is 3.62. The van der Waals surface area contributed by atoms with Crippen LogP contribution in [-0.4, -0.2) is 0 Å². The largest absolute Gasteiger partial charge is 0.0988 e. The third kappa shape index (κ3) is 7.48. The summed E-state index contributed by atoms with van der Waals surface area (Å²) < 4.78 is 0. The third-order valence-corrected chi connectivity index (χ3v) is 1.09. The van der Waals surface area contributed by atoms with Crippen LogP contribution in [0.15, 0.2) is 23.8 Å². The lowest BCUT2D eigenvalue weighted by Gasteiger charge is -1.90. The highest BCUT2D eigenvalue weighted by Gasteiger charge is 1.79. The molecule has 0 aliphatic carbocycles. The van der Waals surface area contributed by atoms with E-state index >= 15 is 0 Å². The van der Waals surface area contributed by atoms with Crippen molar-refractivity contribution < 1.29 is 0 Å². The highest BCUT2D eigenvalue weighted by molar-refractivity contribution is 5.18. The van der Waals surface area contributed by atoms with Crippen molar-refractivity contribution >= 4 is 0 Å². The minimum Gasteiger partial charge on any atom is -0.0988 e. The number of hydrogen-bond donors (Lipinski definition) is 0. The summed E-state index contributed by atoms with van der Waals surface area (Å²) in [5.74, 6) is 0. The van der Waals surface area contributed by atoms with Crippen LogP contribution in [0.25, 0.3) is 0 Å². The van der Waals surface area contributed by atoms with Crippen molar-refractivity contribution in [2.75, 3.05) is 0 Å². The van der Waals surface area contributed by atoms with Crippen LogP contribution in [0.1, 0.15) is 35.6 Å². The van der Waals surface area contributed by atoms with E-state index in [9.17, 15) is 0 Å². The Morgan fingerprint density at radius 2 is 1.44 bits per heavy atom. The zero-order valence-corrected chi connectivity index (χ0v) is 5.28. The van der Waals surface area contributed by atoms with E-state index in [2.05, 4.69) is 27.4 Å². The summed E-state index contributed by atoms with van der Waals surface area (Å²) >= 11 is 0. The Balaban J connectivity index is -0.000000180. The molecule has 0 nitrogen and oxygen atoms in total. The summed E-state index contributed by atoms with van der Waals surface area (Å²) in [5.41, 5.74) is 2.62. The first-order valence-electron chi connectivity index (χ1n) is 2.45. The van der Waals surface area contributed by atoms with Crippen LogP contribution in [0.5, 0.6) is 0 Å². The van der Waals surface area contributed by atoms with Crippen LogP contribution in [0.4, 0.5) is 0 Å². The predicted molar refractivity (Wildman–Crippen MR) is 47.7 cm³/mol. The molecule has 0 saturated carbocycles. The molecule has 0 unspecified atom stereocenters. The molecule has 0 aromatic carbocycles. The van der Waals surface area contributed by atoms with E-state index in [4.69, 9.17) is 0 Å². The molecule has 9 heavy (non-hydrogen) atoms. The van der Waals surface area contributed by atoms with Crippen molar-refractivity contribution in [1.82, 2.24) is 0 Å². The fourth-order valence-electron chi connectivity index (χ4n) is 0.204. The highest BCUT2D eigenvalue weighted by Crippen LogP contribution is 2.00. The molecule has 0 bridgehead atoms. The third-order valence-electron chi connectivity index (χ3n) is 1.09. The van der Waals surface area contributed by atoms with Gasteiger partial charge in [-0.1, -0.05) is 38.7 Å². The lowest BCUT2D eigenvalue weighted by atomic mass is 10.2. The number of allylic oxidation sites excluding steroid dienone is 3. The summed E-state index contributed by atoms with van der Waals surface area (Å²) in [6.45, 7) is 9.84. The topological polar surface area (TPSA) is 0 Å². The van der Waals surface area contributed by atoms with Gasteiger partial charge in [-0.15, -0.1) is 0 Å². The van der Waals surface area contributed by atoms with Crippen molar-refractivity contribution in [3.63, 3.8) is 0 Å². The van der Waals surface area contributed by atoms with E-state index < -0.39 is 0 Å². The van der Waals surface area contributed by atoms with Crippen molar-refractivity contribution in [2.24, 2.45) is 0 Å². The second-order valence-electron chi connectivity index (χ2n) is 1.89. The quantitative estimate of drug-likeness (QED) is 0.471. The van der Waals surface area contributed by atoms with Gasteiger partial charge in [-0.05, 0) is 20.8 Å². The van der Waals surface area contributed by atoms with Crippen molar-refractivity contribution in [1.29, 1.82) is 0 Å². The molecule has 0 aliphatic heterocycles. The minimum absolute atomic E-state index is 0. The first-order chi connectivity index (χ1) is 3.18. The van der Waals surface area contributed by atoms with E-state index in [0.29, 0.717) is 0 Å². The van der Waals surface area contributed by atoms with Crippen LogP contribution in [-0.2, 0) is 0 Å². The predicted octanol–water partition coefficient (Wildman–Crippen LogP) is 3.80. The molecule has 0 atom stereocenters. The monoisotopic (exact) mass is 128 g/mol. The Morgan fingerprint density at radius 1 is 1.11 bits per heavy atom. The highest BCUT2D eigenvalue weighted by atomic mass is 13.9. The zero-order valence-electron chi connectivity index (χ0n) is 5.28. The summed E-state index contributed by atoms with van der Waals surface area (Å²) in [7, 11) is 0. The van der Waals surface area contributed by atoms with Crippen molar-refractivity contribution in [3.05, 3.63) is 23.8 Å². The van der Waals surface area contributed by atoms with Gasteiger partial charge in [0.05, 0.1) is 0 Å². The van der Waals surface area contributed by atoms with Gasteiger partial charge in [0.15, 0.2) is 0 Å². The summed E-state index contributed by atoms with van der Waals surface area (Å²) in [6.07, 6.45) is 1.87. The van der Waals surface area contributed by atoms with Crippen LogP contribution >= 0.6 is 0 Å². The van der Waals surface area contributed by atoms with Crippen LogP contribution in [0.3, 0.4) is 0 Å². The summed E-state index contributed by atoms with van der Waals surface area (Å²) in [5, 5.41) is 0. The second kappa shape index (κ2) is 7.48. The fourth-order valence-corrected chi connectivity index (χ4v) is 0.204. The molecule has 0 rings (SSSR count). The molecule has 0 heterocycles. The van der Waals surface area contributed by atoms with E-state index in [1.807, 2.05) is 6.08 Å². The molecule has 0 spiro atoms. The zero-order chi connectivity index (χ0) is 5.86. The molecule has 0 aliphatic rings. The molecule has 0 amide bonds. The standard InChI is InChI=1S/C7H12.2CH4/c1-5-7(4)6(2)3;;/h5H,1H2,2-4H3;2*1H4. The maximum atomic E-state index is 3.62. The van der Waals surface area contributed by atoms with E-state index in [0.717, 1.165) is 0 Å². The van der Waals surface area contributed by atoms with E-state index in [1.54, 1.807) is 0 Å². The normalized spacial score (nSPS) is 6.11. The molecule has 0 aromatic rings. The average Bonchev–Trinajstić information content (AvgIpc) is 1.65. The van der Waals surface area contributed by atoms with Gasteiger partial charge in [-0.3, -0.25) is 0 Å². The van der Waals surface area contributed by atoms with Gasteiger partial charge in [0.25, 0.3) is 0 Å².